The summed E-state index contributed by atoms with van der Waals surface area (Å²) in [6, 6.07) is 5.88. The predicted molar refractivity (Wildman–Crippen MR) is 52.1 cm³/mol. The number of halogens is 2. The highest BCUT2D eigenvalue weighted by molar-refractivity contribution is 6.29. The Morgan fingerprint density at radius 2 is 2.14 bits per heavy atom. The van der Waals surface area contributed by atoms with E-state index in [4.69, 9.17) is 11.6 Å². The van der Waals surface area contributed by atoms with E-state index in [0.717, 1.165) is 6.07 Å². The number of rotatable bonds is 1. The number of pyridine rings is 1. The molecule has 2 aromatic rings. The van der Waals surface area contributed by atoms with Crippen molar-refractivity contribution in [1.29, 1.82) is 0 Å². The minimum Gasteiger partial charge on any atom is -0.298 e. The maximum atomic E-state index is 13.3. The first kappa shape index (κ1) is 9.09. The molecule has 0 atom stereocenters. The Balaban J connectivity index is 2.82. The number of benzene rings is 1. The van der Waals surface area contributed by atoms with Gasteiger partial charge in [-0.2, -0.15) is 0 Å². The van der Waals surface area contributed by atoms with Crippen molar-refractivity contribution in [1.82, 2.24) is 4.98 Å². The molecule has 0 aliphatic rings. The van der Waals surface area contributed by atoms with Gasteiger partial charge >= 0.3 is 0 Å². The van der Waals surface area contributed by atoms with Crippen LogP contribution in [-0.2, 0) is 0 Å². The second-order valence-electron chi connectivity index (χ2n) is 2.83. The number of aromatic nitrogens is 1. The highest BCUT2D eigenvalue weighted by Crippen LogP contribution is 2.19. The first-order valence-corrected chi connectivity index (χ1v) is 4.29. The summed E-state index contributed by atoms with van der Waals surface area (Å²) < 4.78 is 13.3. The van der Waals surface area contributed by atoms with Crippen molar-refractivity contribution in [3.05, 3.63) is 40.8 Å². The minimum atomic E-state index is -0.535. The van der Waals surface area contributed by atoms with Gasteiger partial charge in [0.25, 0.3) is 0 Å². The quantitative estimate of drug-likeness (QED) is 0.534. The highest BCUT2D eigenvalue weighted by atomic mass is 35.5. The average molecular weight is 210 g/mol. The number of nitrogens with zero attached hydrogens (tertiary/aromatic N) is 1. The van der Waals surface area contributed by atoms with E-state index >= 15 is 0 Å². The molecule has 0 bridgehead atoms. The van der Waals surface area contributed by atoms with Gasteiger partial charge in [-0.1, -0.05) is 11.6 Å². The summed E-state index contributed by atoms with van der Waals surface area (Å²) in [6.45, 7) is 0. The van der Waals surface area contributed by atoms with Crippen molar-refractivity contribution in [2.45, 2.75) is 0 Å². The van der Waals surface area contributed by atoms with E-state index < -0.39 is 5.82 Å². The Bertz CT molecular complexity index is 513. The molecule has 4 heteroatoms. The van der Waals surface area contributed by atoms with Gasteiger partial charge in [0.1, 0.15) is 22.8 Å². The number of hydrogen-bond acceptors (Lipinski definition) is 2. The molecule has 70 valence electrons. The van der Waals surface area contributed by atoms with Gasteiger partial charge < -0.3 is 0 Å². The smallest absolute Gasteiger partial charge is 0.150 e. The largest absolute Gasteiger partial charge is 0.298 e. The molecular formula is C10H5ClFNO. The van der Waals surface area contributed by atoms with Crippen LogP contribution in [0, 0.1) is 5.82 Å². The van der Waals surface area contributed by atoms with Gasteiger partial charge in [-0.05, 0) is 24.3 Å². The molecule has 0 fully saturated rings. The molecule has 1 aromatic carbocycles. The van der Waals surface area contributed by atoms with Crippen LogP contribution >= 0.6 is 11.6 Å². The van der Waals surface area contributed by atoms with Gasteiger partial charge in [-0.3, -0.25) is 4.79 Å². The molecule has 0 radical (unpaired) electrons. The maximum Gasteiger partial charge on any atom is 0.150 e. The van der Waals surface area contributed by atoms with Crippen molar-refractivity contribution in [3.63, 3.8) is 0 Å². The molecule has 0 saturated heterocycles. The van der Waals surface area contributed by atoms with Crippen molar-refractivity contribution in [3.8, 4) is 0 Å². The normalized spacial score (nSPS) is 10.4. The minimum absolute atomic E-state index is 0.183. The van der Waals surface area contributed by atoms with Crippen LogP contribution in [0.3, 0.4) is 0 Å². The third-order valence-electron chi connectivity index (χ3n) is 1.87. The topological polar surface area (TPSA) is 30.0 Å². The lowest BCUT2D eigenvalue weighted by atomic mass is 10.1. The number of hydrogen-bond donors (Lipinski definition) is 0. The third-order valence-corrected chi connectivity index (χ3v) is 2.08. The average Bonchev–Trinajstić information content (AvgIpc) is 2.19. The summed E-state index contributed by atoms with van der Waals surface area (Å²) in [5, 5.41) is 0.798. The molecule has 0 amide bonds. The van der Waals surface area contributed by atoms with Crippen molar-refractivity contribution >= 4 is 28.8 Å². The first-order valence-electron chi connectivity index (χ1n) is 3.91. The van der Waals surface area contributed by atoms with E-state index in [1.165, 1.54) is 0 Å². The molecule has 0 aliphatic carbocycles. The Labute approximate surface area is 84.3 Å². The van der Waals surface area contributed by atoms with Crippen LogP contribution in [0.5, 0.6) is 0 Å². The third kappa shape index (κ3) is 1.46. The fraction of sp³-hybridized carbons (Fsp3) is 0. The zero-order valence-corrected chi connectivity index (χ0v) is 7.75. The van der Waals surface area contributed by atoms with Crippen LogP contribution < -0.4 is 0 Å². The summed E-state index contributed by atoms with van der Waals surface area (Å²) in [5.41, 5.74) is 0.474. The molecule has 0 N–H and O–H groups in total. The van der Waals surface area contributed by atoms with Gasteiger partial charge in [0.05, 0.1) is 0 Å². The maximum absolute atomic E-state index is 13.3. The lowest BCUT2D eigenvalue weighted by Gasteiger charge is -2.00. The van der Waals surface area contributed by atoms with Crippen LogP contribution in [0.1, 0.15) is 10.4 Å². The number of carbonyl (C=O) groups excluding carboxylic acids is 1. The molecular weight excluding hydrogens is 205 g/mol. The first-order chi connectivity index (χ1) is 6.70. The summed E-state index contributed by atoms with van der Waals surface area (Å²) in [4.78, 5) is 14.3. The monoisotopic (exact) mass is 209 g/mol. The van der Waals surface area contributed by atoms with Crippen LogP contribution in [-0.4, -0.2) is 11.3 Å². The van der Waals surface area contributed by atoms with E-state index in [2.05, 4.69) is 4.98 Å². The standard InChI is InChI=1S/C10H5ClFNO/c11-9-2-1-7-3-6(5-14)4-8(12)10(7)13-9/h1-5H. The molecule has 0 spiro atoms. The molecule has 0 saturated carbocycles. The molecule has 2 rings (SSSR count). The van der Waals surface area contributed by atoms with Crippen molar-refractivity contribution < 1.29 is 9.18 Å². The molecule has 1 heterocycles. The van der Waals surface area contributed by atoms with E-state index in [1.807, 2.05) is 0 Å². The van der Waals surface area contributed by atoms with Gasteiger partial charge in [0.2, 0.25) is 0 Å². The molecule has 2 nitrogen and oxygen atoms in total. The summed E-state index contributed by atoms with van der Waals surface area (Å²) >= 11 is 5.62. The highest BCUT2D eigenvalue weighted by Gasteiger charge is 2.05. The van der Waals surface area contributed by atoms with Crippen molar-refractivity contribution in [2.24, 2.45) is 0 Å². The lowest BCUT2D eigenvalue weighted by Crippen LogP contribution is -1.88. The molecule has 0 unspecified atom stereocenters. The fourth-order valence-corrected chi connectivity index (χ4v) is 1.41. The number of carbonyl (C=O) groups is 1. The zero-order valence-electron chi connectivity index (χ0n) is 7.00. The number of aldehydes is 1. The molecule has 14 heavy (non-hydrogen) atoms. The van der Waals surface area contributed by atoms with Gasteiger partial charge in [-0.25, -0.2) is 9.37 Å². The van der Waals surface area contributed by atoms with E-state index in [9.17, 15) is 9.18 Å². The predicted octanol–water partition coefficient (Wildman–Crippen LogP) is 2.84. The Morgan fingerprint density at radius 1 is 1.36 bits per heavy atom. The van der Waals surface area contributed by atoms with E-state index in [0.29, 0.717) is 17.2 Å². The Hall–Kier alpha value is -1.48. The molecule has 0 aliphatic heterocycles. The fourth-order valence-electron chi connectivity index (χ4n) is 1.26. The Kier molecular flexibility index (Phi) is 2.17. The summed E-state index contributed by atoms with van der Waals surface area (Å²) in [7, 11) is 0. The zero-order chi connectivity index (χ0) is 10.1. The van der Waals surface area contributed by atoms with Crippen LogP contribution in [0.2, 0.25) is 5.15 Å². The van der Waals surface area contributed by atoms with E-state index in [-0.39, 0.29) is 10.7 Å². The number of fused-ring (bicyclic) bond motifs is 1. The van der Waals surface area contributed by atoms with Gasteiger partial charge in [0.15, 0.2) is 0 Å². The van der Waals surface area contributed by atoms with Crippen LogP contribution in [0.25, 0.3) is 10.9 Å². The SMILES string of the molecule is O=Cc1cc(F)c2nc(Cl)ccc2c1. The summed E-state index contributed by atoms with van der Waals surface area (Å²) in [5.74, 6) is -0.535. The van der Waals surface area contributed by atoms with Gasteiger partial charge in [-0.15, -0.1) is 0 Å². The van der Waals surface area contributed by atoms with Gasteiger partial charge in [0, 0.05) is 10.9 Å². The van der Waals surface area contributed by atoms with Crippen LogP contribution in [0.15, 0.2) is 24.3 Å². The second kappa shape index (κ2) is 3.35. The van der Waals surface area contributed by atoms with Crippen molar-refractivity contribution in [2.75, 3.05) is 0 Å². The van der Waals surface area contributed by atoms with Crippen LogP contribution in [0.4, 0.5) is 4.39 Å². The summed E-state index contributed by atoms with van der Waals surface area (Å²) in [6.07, 6.45) is 0.594. The lowest BCUT2D eigenvalue weighted by molar-refractivity contribution is 0.112. The Morgan fingerprint density at radius 3 is 2.86 bits per heavy atom. The van der Waals surface area contributed by atoms with E-state index in [1.54, 1.807) is 18.2 Å². The second-order valence-corrected chi connectivity index (χ2v) is 3.21. The molecule has 1 aromatic heterocycles.